The summed E-state index contributed by atoms with van der Waals surface area (Å²) in [5.74, 6) is -0.413. The molecule has 0 saturated carbocycles. The third-order valence-electron chi connectivity index (χ3n) is 5.32. The fourth-order valence-electron chi connectivity index (χ4n) is 3.39. The van der Waals surface area contributed by atoms with Crippen molar-refractivity contribution >= 4 is 17.6 Å². The van der Waals surface area contributed by atoms with Crippen molar-refractivity contribution in [2.45, 2.75) is 20.4 Å². The lowest BCUT2D eigenvalue weighted by Gasteiger charge is -2.37. The summed E-state index contributed by atoms with van der Waals surface area (Å²) in [7, 11) is 0. The Kier molecular flexibility index (Phi) is 6.69. The van der Waals surface area contributed by atoms with Crippen LogP contribution in [0.15, 0.2) is 42.5 Å². The molecule has 0 aromatic heterocycles. The van der Waals surface area contributed by atoms with E-state index in [9.17, 15) is 14.0 Å². The topological polar surface area (TPSA) is 64.7 Å². The fraction of sp³-hybridized carbons (Fsp3) is 0.364. The average Bonchev–Trinajstić information content (AvgIpc) is 2.73. The Labute approximate surface area is 170 Å². The molecule has 0 bridgehead atoms. The van der Waals surface area contributed by atoms with Gasteiger partial charge in [-0.15, -0.1) is 0 Å². The molecule has 1 saturated heterocycles. The van der Waals surface area contributed by atoms with Crippen molar-refractivity contribution in [3.05, 3.63) is 65.0 Å². The molecule has 3 rings (SSSR count). The Hall–Kier alpha value is -3.09. The highest BCUT2D eigenvalue weighted by Crippen LogP contribution is 2.23. The molecular weight excluding hydrogens is 371 g/mol. The van der Waals surface area contributed by atoms with Crippen LogP contribution in [0.1, 0.15) is 16.7 Å². The first kappa shape index (κ1) is 20.6. The molecule has 0 aliphatic carbocycles. The zero-order valence-corrected chi connectivity index (χ0v) is 16.9. The molecule has 2 aromatic carbocycles. The summed E-state index contributed by atoms with van der Waals surface area (Å²) in [5.41, 5.74) is 4.54. The number of benzene rings is 2. The summed E-state index contributed by atoms with van der Waals surface area (Å²) >= 11 is 0. The van der Waals surface area contributed by atoms with Crippen LogP contribution in [0.25, 0.3) is 0 Å². The SMILES string of the molecule is Cc1cccc(N2CCN(C(=O)CNC(=O)NCc3ccc(F)cc3)CC2)c1C. The molecule has 2 N–H and O–H groups in total. The number of hydrogen-bond acceptors (Lipinski definition) is 3. The minimum Gasteiger partial charge on any atom is -0.368 e. The number of amides is 3. The highest BCUT2D eigenvalue weighted by molar-refractivity contribution is 5.84. The Morgan fingerprint density at radius 1 is 0.966 bits per heavy atom. The number of aryl methyl sites for hydroxylation is 1. The Morgan fingerprint density at radius 3 is 2.34 bits per heavy atom. The lowest BCUT2D eigenvalue weighted by atomic mass is 10.1. The Balaban J connectivity index is 1.41. The van der Waals surface area contributed by atoms with Gasteiger partial charge in [-0.25, -0.2) is 9.18 Å². The maximum absolute atomic E-state index is 12.9. The van der Waals surface area contributed by atoms with E-state index in [0.717, 1.165) is 18.7 Å². The molecule has 3 amide bonds. The molecule has 6 nitrogen and oxygen atoms in total. The number of anilines is 1. The first-order valence-corrected chi connectivity index (χ1v) is 9.79. The monoisotopic (exact) mass is 398 g/mol. The van der Waals surface area contributed by atoms with E-state index in [1.807, 2.05) is 0 Å². The summed E-state index contributed by atoms with van der Waals surface area (Å²) in [4.78, 5) is 28.4. The highest BCUT2D eigenvalue weighted by atomic mass is 19.1. The Bertz CT molecular complexity index is 862. The molecule has 1 fully saturated rings. The maximum Gasteiger partial charge on any atom is 0.315 e. The first-order chi connectivity index (χ1) is 13.9. The van der Waals surface area contributed by atoms with Gasteiger partial charge in [0.05, 0.1) is 6.54 Å². The number of carbonyl (C=O) groups excluding carboxylic acids is 2. The lowest BCUT2D eigenvalue weighted by Crippen LogP contribution is -2.52. The van der Waals surface area contributed by atoms with Gasteiger partial charge in [-0.05, 0) is 48.7 Å². The van der Waals surface area contributed by atoms with Gasteiger partial charge in [-0.3, -0.25) is 4.79 Å². The van der Waals surface area contributed by atoms with E-state index in [1.165, 1.54) is 28.9 Å². The molecule has 1 heterocycles. The van der Waals surface area contributed by atoms with Gasteiger partial charge in [-0.2, -0.15) is 0 Å². The first-order valence-electron chi connectivity index (χ1n) is 9.79. The van der Waals surface area contributed by atoms with Crippen LogP contribution in [0, 0.1) is 19.7 Å². The van der Waals surface area contributed by atoms with Gasteiger partial charge >= 0.3 is 6.03 Å². The molecule has 29 heavy (non-hydrogen) atoms. The zero-order chi connectivity index (χ0) is 20.8. The number of hydrogen-bond donors (Lipinski definition) is 2. The summed E-state index contributed by atoms with van der Waals surface area (Å²) in [5, 5.41) is 5.26. The minimum atomic E-state index is -0.420. The third-order valence-corrected chi connectivity index (χ3v) is 5.32. The highest BCUT2D eigenvalue weighted by Gasteiger charge is 2.22. The van der Waals surface area contributed by atoms with Crippen molar-refractivity contribution in [1.29, 1.82) is 0 Å². The van der Waals surface area contributed by atoms with Gasteiger partial charge in [0.1, 0.15) is 5.82 Å². The van der Waals surface area contributed by atoms with Gasteiger partial charge in [0.15, 0.2) is 0 Å². The summed E-state index contributed by atoms with van der Waals surface area (Å²) < 4.78 is 12.9. The van der Waals surface area contributed by atoms with Crippen molar-refractivity contribution in [3.8, 4) is 0 Å². The standard InChI is InChI=1S/C22H27FN4O2/c1-16-4-3-5-20(17(16)2)26-10-12-27(13-11-26)21(28)15-25-22(29)24-14-18-6-8-19(23)9-7-18/h3-9H,10-15H2,1-2H3,(H2,24,25,29). The fourth-order valence-corrected chi connectivity index (χ4v) is 3.39. The van der Waals surface area contributed by atoms with Gasteiger partial charge in [0.2, 0.25) is 5.91 Å². The molecule has 0 unspecified atom stereocenters. The van der Waals surface area contributed by atoms with E-state index in [0.29, 0.717) is 13.1 Å². The molecule has 0 spiro atoms. The molecule has 0 radical (unpaired) electrons. The van der Waals surface area contributed by atoms with Gasteiger partial charge in [-0.1, -0.05) is 24.3 Å². The number of nitrogens with one attached hydrogen (secondary N) is 2. The number of halogens is 1. The van der Waals surface area contributed by atoms with Crippen LogP contribution in [0.5, 0.6) is 0 Å². The molecular formula is C22H27FN4O2. The largest absolute Gasteiger partial charge is 0.368 e. The Morgan fingerprint density at radius 2 is 1.66 bits per heavy atom. The average molecular weight is 398 g/mol. The van der Waals surface area contributed by atoms with Crippen molar-refractivity contribution in [2.75, 3.05) is 37.6 Å². The van der Waals surface area contributed by atoms with E-state index in [1.54, 1.807) is 17.0 Å². The van der Waals surface area contributed by atoms with Gasteiger partial charge in [0, 0.05) is 38.4 Å². The number of piperazine rings is 1. The van der Waals surface area contributed by atoms with Crippen LogP contribution >= 0.6 is 0 Å². The van der Waals surface area contributed by atoms with Crippen LogP contribution in [0.4, 0.5) is 14.9 Å². The van der Waals surface area contributed by atoms with Crippen LogP contribution < -0.4 is 15.5 Å². The van der Waals surface area contributed by atoms with Crippen molar-refractivity contribution < 1.29 is 14.0 Å². The molecule has 2 aromatic rings. The van der Waals surface area contributed by atoms with Crippen LogP contribution in [-0.4, -0.2) is 49.6 Å². The number of nitrogens with zero attached hydrogens (tertiary/aromatic N) is 2. The molecule has 154 valence electrons. The van der Waals surface area contributed by atoms with Gasteiger partial charge < -0.3 is 20.4 Å². The van der Waals surface area contributed by atoms with Gasteiger partial charge in [0.25, 0.3) is 0 Å². The normalized spacial score (nSPS) is 13.9. The number of carbonyl (C=O) groups is 2. The quantitative estimate of drug-likeness (QED) is 0.814. The van der Waals surface area contributed by atoms with Crippen molar-refractivity contribution in [1.82, 2.24) is 15.5 Å². The van der Waals surface area contributed by atoms with Crippen LogP contribution in [0.3, 0.4) is 0 Å². The molecule has 1 aliphatic rings. The van der Waals surface area contributed by atoms with Crippen LogP contribution in [0.2, 0.25) is 0 Å². The molecule has 7 heteroatoms. The predicted octanol–water partition coefficient (Wildman–Crippen LogP) is 2.59. The third kappa shape index (κ3) is 5.47. The van der Waals surface area contributed by atoms with Crippen molar-refractivity contribution in [2.24, 2.45) is 0 Å². The smallest absolute Gasteiger partial charge is 0.315 e. The molecule has 1 aliphatic heterocycles. The van der Waals surface area contributed by atoms with Crippen molar-refractivity contribution in [3.63, 3.8) is 0 Å². The lowest BCUT2D eigenvalue weighted by molar-refractivity contribution is -0.130. The second-order valence-electron chi connectivity index (χ2n) is 7.25. The minimum absolute atomic E-state index is 0.0429. The predicted molar refractivity (Wildman–Crippen MR) is 111 cm³/mol. The van der Waals surface area contributed by atoms with E-state index in [2.05, 4.69) is 47.6 Å². The number of urea groups is 1. The van der Waals surface area contributed by atoms with Crippen LogP contribution in [-0.2, 0) is 11.3 Å². The molecule has 0 atom stereocenters. The summed E-state index contributed by atoms with van der Waals surface area (Å²) in [6.07, 6.45) is 0. The van der Waals surface area contributed by atoms with E-state index in [4.69, 9.17) is 0 Å². The second-order valence-corrected chi connectivity index (χ2v) is 7.25. The zero-order valence-electron chi connectivity index (χ0n) is 16.9. The van der Waals surface area contributed by atoms with E-state index < -0.39 is 6.03 Å². The summed E-state index contributed by atoms with van der Waals surface area (Å²) in [6, 6.07) is 11.8. The second kappa shape index (κ2) is 9.41. The number of rotatable bonds is 5. The van der Waals surface area contributed by atoms with E-state index in [-0.39, 0.29) is 24.8 Å². The van der Waals surface area contributed by atoms with E-state index >= 15 is 0 Å². The summed E-state index contributed by atoms with van der Waals surface area (Å²) in [6.45, 7) is 7.26. The maximum atomic E-state index is 12.9.